The maximum Gasteiger partial charge on any atom is 0.356 e. The number of benzene rings is 2. The fourth-order valence-electron chi connectivity index (χ4n) is 2.59. The van der Waals surface area contributed by atoms with Gasteiger partial charge in [0.05, 0.1) is 5.56 Å². The predicted octanol–water partition coefficient (Wildman–Crippen LogP) is 1.60. The summed E-state index contributed by atoms with van der Waals surface area (Å²) < 4.78 is 39.1. The van der Waals surface area contributed by atoms with Crippen LogP contribution in [-0.2, 0) is 21.2 Å². The average Bonchev–Trinajstić information content (AvgIpc) is 2.54. The number of anilines is 1. The molecular weight excluding hydrogens is 351 g/mol. The van der Waals surface area contributed by atoms with Crippen molar-refractivity contribution in [3.05, 3.63) is 64.6 Å². The highest BCUT2D eigenvalue weighted by Crippen LogP contribution is 2.36. The maximum absolute atomic E-state index is 13.0. The molecule has 7 nitrogen and oxygen atoms in total. The minimum absolute atomic E-state index is 0.0526. The van der Waals surface area contributed by atoms with E-state index >= 15 is 0 Å². The lowest BCUT2D eigenvalue weighted by Crippen LogP contribution is -2.33. The Kier molecular flexibility index (Phi) is 3.88. The van der Waals surface area contributed by atoms with E-state index in [4.69, 9.17) is 10.8 Å². The Balaban J connectivity index is 2.16. The van der Waals surface area contributed by atoms with E-state index in [0.717, 1.165) is 0 Å². The molecule has 0 atom stereocenters. The molecule has 0 aromatic heterocycles. The fourth-order valence-corrected chi connectivity index (χ4v) is 3.88. The van der Waals surface area contributed by atoms with E-state index in [9.17, 15) is 22.7 Å². The molecule has 0 fully saturated rings. The molecule has 9 heteroatoms. The van der Waals surface area contributed by atoms with Crippen LogP contribution in [0.2, 0.25) is 0 Å². The van der Waals surface area contributed by atoms with Crippen LogP contribution in [0.15, 0.2) is 47.0 Å². The first kappa shape index (κ1) is 16.8. The van der Waals surface area contributed by atoms with Crippen LogP contribution < -0.4 is 10.5 Å². The molecule has 0 radical (unpaired) electrons. The number of rotatable bonds is 3. The zero-order valence-corrected chi connectivity index (χ0v) is 13.5. The van der Waals surface area contributed by atoms with Crippen molar-refractivity contribution in [2.75, 3.05) is 5.73 Å². The summed E-state index contributed by atoms with van der Waals surface area (Å²) in [6.45, 7) is 0. The second-order valence-corrected chi connectivity index (χ2v) is 7.10. The first-order valence-electron chi connectivity index (χ1n) is 7.06. The Bertz CT molecular complexity index is 1010. The lowest BCUT2D eigenvalue weighted by molar-refractivity contribution is -0.132. The third-order valence-electron chi connectivity index (χ3n) is 3.82. The van der Waals surface area contributed by atoms with Crippen molar-refractivity contribution in [2.24, 2.45) is 0 Å². The largest absolute Gasteiger partial charge is 0.505 e. The zero-order chi connectivity index (χ0) is 18.4. The number of carboxylic acid groups (broad SMARTS) is 1. The van der Waals surface area contributed by atoms with Gasteiger partial charge in [-0.2, -0.15) is 0 Å². The lowest BCUT2D eigenvalue weighted by atomic mass is 9.98. The van der Waals surface area contributed by atoms with Gasteiger partial charge in [0.1, 0.15) is 10.7 Å². The van der Waals surface area contributed by atoms with Gasteiger partial charge in [-0.3, -0.25) is 4.72 Å². The molecule has 0 saturated heterocycles. The summed E-state index contributed by atoms with van der Waals surface area (Å²) in [6, 6.07) is 8.35. The molecule has 1 aliphatic rings. The number of aliphatic hydroxyl groups is 1. The van der Waals surface area contributed by atoms with Gasteiger partial charge in [0.2, 0.25) is 0 Å². The third-order valence-corrected chi connectivity index (χ3v) is 5.21. The molecule has 0 bridgehead atoms. The van der Waals surface area contributed by atoms with Gasteiger partial charge in [0.15, 0.2) is 11.5 Å². The van der Waals surface area contributed by atoms with Crippen LogP contribution >= 0.6 is 0 Å². The summed E-state index contributed by atoms with van der Waals surface area (Å²) >= 11 is 0. The van der Waals surface area contributed by atoms with E-state index in [2.05, 4.69) is 0 Å². The third kappa shape index (κ3) is 2.89. The Morgan fingerprint density at radius 3 is 2.40 bits per heavy atom. The minimum Gasteiger partial charge on any atom is -0.505 e. The van der Waals surface area contributed by atoms with Crippen molar-refractivity contribution in [1.29, 1.82) is 0 Å². The van der Waals surface area contributed by atoms with Crippen molar-refractivity contribution in [3.63, 3.8) is 0 Å². The summed E-state index contributed by atoms with van der Waals surface area (Å²) in [4.78, 5) is 10.9. The second-order valence-electron chi connectivity index (χ2n) is 5.45. The van der Waals surface area contributed by atoms with Crippen molar-refractivity contribution in [2.45, 2.75) is 11.3 Å². The van der Waals surface area contributed by atoms with Gasteiger partial charge in [0, 0.05) is 5.69 Å². The molecule has 2 aromatic carbocycles. The summed E-state index contributed by atoms with van der Waals surface area (Å²) in [6.07, 6.45) is 0.253. The van der Waals surface area contributed by atoms with Crippen LogP contribution in [-0.4, -0.2) is 24.6 Å². The van der Waals surface area contributed by atoms with E-state index < -0.39 is 33.3 Å². The number of halogens is 1. The molecule has 25 heavy (non-hydrogen) atoms. The lowest BCUT2D eigenvalue weighted by Gasteiger charge is -2.22. The van der Waals surface area contributed by atoms with Crippen LogP contribution in [0.1, 0.15) is 16.7 Å². The molecule has 3 rings (SSSR count). The molecule has 0 aliphatic carbocycles. The average molecular weight is 364 g/mol. The predicted molar refractivity (Wildman–Crippen MR) is 87.6 cm³/mol. The van der Waals surface area contributed by atoms with E-state index in [-0.39, 0.29) is 22.6 Å². The van der Waals surface area contributed by atoms with Gasteiger partial charge < -0.3 is 15.9 Å². The first-order chi connectivity index (χ1) is 11.7. The van der Waals surface area contributed by atoms with Gasteiger partial charge in [-0.15, -0.1) is 0 Å². The minimum atomic E-state index is -4.17. The Labute approximate surface area is 142 Å². The van der Waals surface area contributed by atoms with E-state index in [0.29, 0.717) is 11.1 Å². The molecule has 2 aromatic rings. The van der Waals surface area contributed by atoms with Crippen molar-refractivity contribution in [1.82, 2.24) is 4.72 Å². The summed E-state index contributed by atoms with van der Waals surface area (Å²) in [5.74, 6) is -2.78. The monoisotopic (exact) mass is 364 g/mol. The summed E-state index contributed by atoms with van der Waals surface area (Å²) in [5, 5.41) is 19.2. The van der Waals surface area contributed by atoms with E-state index in [1.54, 1.807) is 16.9 Å². The molecule has 130 valence electrons. The number of hydrogen-bond acceptors (Lipinski definition) is 5. The Morgan fingerprint density at radius 2 is 1.80 bits per heavy atom. The molecule has 1 aliphatic heterocycles. The van der Waals surface area contributed by atoms with Crippen LogP contribution in [0.25, 0.3) is 5.76 Å². The van der Waals surface area contributed by atoms with Crippen molar-refractivity contribution in [3.8, 4) is 0 Å². The smallest absolute Gasteiger partial charge is 0.356 e. The highest BCUT2D eigenvalue weighted by molar-refractivity contribution is 7.89. The quantitative estimate of drug-likeness (QED) is 0.612. The molecule has 1 heterocycles. The van der Waals surface area contributed by atoms with Crippen LogP contribution in [0.3, 0.4) is 0 Å². The second kappa shape index (κ2) is 5.78. The molecule has 5 N–H and O–H groups in total. The van der Waals surface area contributed by atoms with Crippen LogP contribution in [0, 0.1) is 5.82 Å². The number of aliphatic carboxylic acids is 1. The van der Waals surface area contributed by atoms with Gasteiger partial charge in [-0.1, -0.05) is 18.2 Å². The number of nitrogens with two attached hydrogens (primary N) is 1. The van der Waals surface area contributed by atoms with Crippen molar-refractivity contribution < 1.29 is 27.8 Å². The molecule has 0 unspecified atom stereocenters. The number of aliphatic hydroxyl groups excluding tert-OH is 1. The molecular formula is C16H13FN2O5S. The van der Waals surface area contributed by atoms with Gasteiger partial charge in [-0.05, 0) is 35.7 Å². The topological polar surface area (TPSA) is 130 Å². The Hall–Kier alpha value is -3.07. The van der Waals surface area contributed by atoms with Gasteiger partial charge in [0.25, 0.3) is 10.0 Å². The number of carbonyl (C=O) groups is 1. The van der Waals surface area contributed by atoms with Gasteiger partial charge >= 0.3 is 5.97 Å². The van der Waals surface area contributed by atoms with Gasteiger partial charge in [-0.25, -0.2) is 17.6 Å². The van der Waals surface area contributed by atoms with Crippen molar-refractivity contribution >= 4 is 27.4 Å². The number of nitrogens with one attached hydrogen (secondary N) is 1. The number of hydrogen-bond donors (Lipinski definition) is 4. The highest BCUT2D eigenvalue weighted by atomic mass is 32.2. The van der Waals surface area contributed by atoms with E-state index in [1.165, 1.54) is 24.3 Å². The normalized spacial score (nSPS) is 15.4. The zero-order valence-electron chi connectivity index (χ0n) is 12.7. The number of carboxylic acids is 1. The number of fused-ring (bicyclic) bond motifs is 1. The standard InChI is InChI=1S/C16H13FN2O5S/c17-10-4-1-8(2-5-10)7-9-3-6-11-12(13(9)18)15(20)14(16(21)22)19-25(11,23)24/h1-6,19-20H,7,18H2,(H,21,22). The van der Waals surface area contributed by atoms with E-state index in [1.807, 2.05) is 0 Å². The SMILES string of the molecule is Nc1c(Cc2ccc(F)cc2)ccc2c1C(O)=C(C(=O)O)NS2(=O)=O. The highest BCUT2D eigenvalue weighted by Gasteiger charge is 2.34. The maximum atomic E-state index is 13.0. The number of sulfonamides is 1. The number of nitrogen functional groups attached to an aromatic ring is 1. The van der Waals surface area contributed by atoms with Crippen LogP contribution in [0.4, 0.5) is 10.1 Å². The fraction of sp³-hybridized carbons (Fsp3) is 0.0625. The Morgan fingerprint density at radius 1 is 1.16 bits per heavy atom. The molecule has 0 spiro atoms. The van der Waals surface area contributed by atoms with Crippen LogP contribution in [0.5, 0.6) is 0 Å². The first-order valence-corrected chi connectivity index (χ1v) is 8.54. The molecule has 0 saturated carbocycles. The molecule has 0 amide bonds. The summed E-state index contributed by atoms with van der Waals surface area (Å²) in [5.41, 5.74) is 6.02. The summed E-state index contributed by atoms with van der Waals surface area (Å²) in [7, 11) is -4.17.